The van der Waals surface area contributed by atoms with Crippen LogP contribution in [0, 0.1) is 11.3 Å². The summed E-state index contributed by atoms with van der Waals surface area (Å²) >= 11 is 6.16. The van der Waals surface area contributed by atoms with Crippen LogP contribution in [0.4, 0.5) is 5.69 Å². The van der Waals surface area contributed by atoms with Gasteiger partial charge in [-0.2, -0.15) is 5.26 Å². The molecule has 124 valence electrons. The summed E-state index contributed by atoms with van der Waals surface area (Å²) in [6.45, 7) is 1.05. The maximum absolute atomic E-state index is 9.16. The van der Waals surface area contributed by atoms with Gasteiger partial charge in [0.2, 0.25) is 0 Å². The molecule has 0 aliphatic rings. The Morgan fingerprint density at radius 1 is 1.04 bits per heavy atom. The number of rotatable bonds is 6. The average Bonchev–Trinajstić information content (AvgIpc) is 2.67. The molecule has 2 aromatic carbocycles. The summed E-state index contributed by atoms with van der Waals surface area (Å²) in [5.41, 5.74) is 3.28. The molecule has 0 fully saturated rings. The summed E-state index contributed by atoms with van der Waals surface area (Å²) in [5, 5.41) is 12.9. The monoisotopic (exact) mass is 349 g/mol. The lowest BCUT2D eigenvalue weighted by Crippen LogP contribution is -2.02. The SMILES string of the molecule is N#Cc1cccc(Cl)c1NCc1ccc(OCc2cccnc2)cc1. The Hall–Kier alpha value is -3.03. The van der Waals surface area contributed by atoms with Crippen molar-refractivity contribution in [3.05, 3.63) is 88.7 Å². The van der Waals surface area contributed by atoms with Crippen LogP contribution in [0.2, 0.25) is 5.02 Å². The molecule has 5 heteroatoms. The van der Waals surface area contributed by atoms with Crippen LogP contribution < -0.4 is 10.1 Å². The van der Waals surface area contributed by atoms with Gasteiger partial charge in [0.05, 0.1) is 16.3 Å². The standard InChI is InChI=1S/C20H16ClN3O/c21-19-5-1-4-17(11-22)20(19)24-13-15-6-8-18(9-7-15)25-14-16-3-2-10-23-12-16/h1-10,12,24H,13-14H2. The van der Waals surface area contributed by atoms with Crippen LogP contribution in [-0.4, -0.2) is 4.98 Å². The van der Waals surface area contributed by atoms with E-state index in [1.807, 2.05) is 36.4 Å². The summed E-state index contributed by atoms with van der Waals surface area (Å²) in [6.07, 6.45) is 3.52. The molecule has 0 bridgehead atoms. The molecular formula is C20H16ClN3O. The first-order valence-electron chi connectivity index (χ1n) is 7.79. The van der Waals surface area contributed by atoms with E-state index in [-0.39, 0.29) is 0 Å². The Morgan fingerprint density at radius 3 is 2.60 bits per heavy atom. The number of hydrogen-bond acceptors (Lipinski definition) is 4. The van der Waals surface area contributed by atoms with Gasteiger partial charge in [-0.05, 0) is 35.9 Å². The second-order valence-corrected chi connectivity index (χ2v) is 5.83. The Bertz CT molecular complexity index is 874. The van der Waals surface area contributed by atoms with Crippen molar-refractivity contribution in [1.82, 2.24) is 4.98 Å². The lowest BCUT2D eigenvalue weighted by molar-refractivity contribution is 0.305. The first kappa shape index (κ1) is 16.8. The van der Waals surface area contributed by atoms with Crippen molar-refractivity contribution in [2.45, 2.75) is 13.2 Å². The quantitative estimate of drug-likeness (QED) is 0.694. The fourth-order valence-electron chi connectivity index (χ4n) is 2.34. The molecule has 0 unspecified atom stereocenters. The minimum Gasteiger partial charge on any atom is -0.489 e. The average molecular weight is 350 g/mol. The van der Waals surface area contributed by atoms with Crippen LogP contribution >= 0.6 is 11.6 Å². The number of para-hydroxylation sites is 1. The van der Waals surface area contributed by atoms with Crippen LogP contribution in [0.5, 0.6) is 5.75 Å². The highest BCUT2D eigenvalue weighted by atomic mass is 35.5. The van der Waals surface area contributed by atoms with Gasteiger partial charge in [0.1, 0.15) is 18.4 Å². The molecule has 0 aliphatic heterocycles. The number of benzene rings is 2. The van der Waals surface area contributed by atoms with Crippen LogP contribution in [0.3, 0.4) is 0 Å². The van der Waals surface area contributed by atoms with Crippen LogP contribution in [-0.2, 0) is 13.2 Å². The number of anilines is 1. The summed E-state index contributed by atoms with van der Waals surface area (Å²) < 4.78 is 5.74. The molecule has 4 nitrogen and oxygen atoms in total. The summed E-state index contributed by atoms with van der Waals surface area (Å²) in [6, 6.07) is 19.1. The normalized spacial score (nSPS) is 10.1. The number of nitriles is 1. The van der Waals surface area contributed by atoms with Gasteiger partial charge in [0.25, 0.3) is 0 Å². The van der Waals surface area contributed by atoms with Gasteiger partial charge in [-0.25, -0.2) is 0 Å². The second-order valence-electron chi connectivity index (χ2n) is 5.42. The number of aromatic nitrogens is 1. The Labute approximate surface area is 151 Å². The highest BCUT2D eigenvalue weighted by Crippen LogP contribution is 2.26. The van der Waals surface area contributed by atoms with Crippen LogP contribution in [0.15, 0.2) is 67.0 Å². The molecule has 0 spiro atoms. The van der Waals surface area contributed by atoms with Crippen molar-refractivity contribution in [3.63, 3.8) is 0 Å². The predicted molar refractivity (Wildman–Crippen MR) is 98.5 cm³/mol. The molecule has 0 radical (unpaired) electrons. The number of hydrogen-bond donors (Lipinski definition) is 1. The van der Waals surface area contributed by atoms with Gasteiger partial charge in [0, 0.05) is 24.5 Å². The molecule has 1 N–H and O–H groups in total. The van der Waals surface area contributed by atoms with E-state index in [0.29, 0.717) is 29.4 Å². The first-order valence-corrected chi connectivity index (χ1v) is 8.17. The van der Waals surface area contributed by atoms with Crippen molar-refractivity contribution in [2.24, 2.45) is 0 Å². The minimum atomic E-state index is 0.483. The van der Waals surface area contributed by atoms with Crippen LogP contribution in [0.1, 0.15) is 16.7 Å². The third-order valence-corrected chi connectivity index (χ3v) is 3.97. The van der Waals surface area contributed by atoms with Gasteiger partial charge < -0.3 is 10.1 Å². The summed E-state index contributed by atoms with van der Waals surface area (Å²) in [7, 11) is 0. The lowest BCUT2D eigenvalue weighted by atomic mass is 10.1. The van der Waals surface area contributed by atoms with Gasteiger partial charge in [0.15, 0.2) is 0 Å². The molecule has 0 aliphatic carbocycles. The number of ether oxygens (including phenoxy) is 1. The van der Waals surface area contributed by atoms with Crippen LogP contribution in [0.25, 0.3) is 0 Å². The number of halogens is 1. The van der Waals surface area contributed by atoms with E-state index >= 15 is 0 Å². The van der Waals surface area contributed by atoms with Crippen molar-refractivity contribution in [1.29, 1.82) is 5.26 Å². The van der Waals surface area contributed by atoms with E-state index in [9.17, 15) is 0 Å². The van der Waals surface area contributed by atoms with E-state index in [1.165, 1.54) is 0 Å². The molecular weight excluding hydrogens is 334 g/mol. The third kappa shape index (κ3) is 4.50. The molecule has 1 heterocycles. The zero-order valence-electron chi connectivity index (χ0n) is 13.4. The van der Waals surface area contributed by atoms with E-state index < -0.39 is 0 Å². The molecule has 0 atom stereocenters. The highest BCUT2D eigenvalue weighted by Gasteiger charge is 2.06. The Kier molecular flexibility index (Phi) is 5.50. The summed E-state index contributed by atoms with van der Waals surface area (Å²) in [4.78, 5) is 4.06. The molecule has 1 aromatic heterocycles. The van der Waals surface area contributed by atoms with E-state index in [1.54, 1.807) is 30.6 Å². The van der Waals surface area contributed by atoms with Crippen molar-refractivity contribution < 1.29 is 4.74 Å². The maximum atomic E-state index is 9.16. The van der Waals surface area contributed by atoms with E-state index in [2.05, 4.69) is 16.4 Å². The molecule has 3 rings (SSSR count). The molecule has 0 saturated carbocycles. The fraction of sp³-hybridized carbons (Fsp3) is 0.100. The topological polar surface area (TPSA) is 57.9 Å². The Morgan fingerprint density at radius 2 is 1.88 bits per heavy atom. The van der Waals surface area contributed by atoms with E-state index in [4.69, 9.17) is 21.6 Å². The fourth-order valence-corrected chi connectivity index (χ4v) is 2.58. The van der Waals surface area contributed by atoms with Gasteiger partial charge in [-0.1, -0.05) is 35.9 Å². The first-order chi connectivity index (χ1) is 12.3. The Balaban J connectivity index is 1.59. The van der Waals surface area contributed by atoms with Gasteiger partial charge in [-0.3, -0.25) is 4.98 Å². The highest BCUT2D eigenvalue weighted by molar-refractivity contribution is 6.33. The largest absolute Gasteiger partial charge is 0.489 e. The maximum Gasteiger partial charge on any atom is 0.119 e. The van der Waals surface area contributed by atoms with Crippen molar-refractivity contribution >= 4 is 17.3 Å². The number of nitrogens with zero attached hydrogens (tertiary/aromatic N) is 2. The van der Waals surface area contributed by atoms with Gasteiger partial charge in [-0.15, -0.1) is 0 Å². The molecule has 25 heavy (non-hydrogen) atoms. The molecule has 0 saturated heterocycles. The predicted octanol–water partition coefficient (Wildman–Crippen LogP) is 4.80. The number of nitrogens with one attached hydrogen (secondary N) is 1. The smallest absolute Gasteiger partial charge is 0.119 e. The van der Waals surface area contributed by atoms with Crippen molar-refractivity contribution in [3.8, 4) is 11.8 Å². The molecule has 3 aromatic rings. The van der Waals surface area contributed by atoms with Gasteiger partial charge >= 0.3 is 0 Å². The number of pyridine rings is 1. The minimum absolute atomic E-state index is 0.483. The molecule has 0 amide bonds. The van der Waals surface area contributed by atoms with E-state index in [0.717, 1.165) is 16.9 Å². The lowest BCUT2D eigenvalue weighted by Gasteiger charge is -2.11. The zero-order chi connectivity index (χ0) is 17.5. The second kappa shape index (κ2) is 8.18. The zero-order valence-corrected chi connectivity index (χ0v) is 14.2. The van der Waals surface area contributed by atoms with Crippen molar-refractivity contribution in [2.75, 3.05) is 5.32 Å². The summed E-state index contributed by atoms with van der Waals surface area (Å²) in [5.74, 6) is 0.795. The third-order valence-electron chi connectivity index (χ3n) is 3.65.